The lowest BCUT2D eigenvalue weighted by Crippen LogP contribution is -2.05. The molecule has 5 heteroatoms. The molecule has 4 rings (SSSR count). The van der Waals surface area contributed by atoms with Crippen molar-refractivity contribution < 1.29 is 10.2 Å². The smallest absolute Gasteiger partial charge is 0.220 e. The van der Waals surface area contributed by atoms with E-state index in [2.05, 4.69) is 11.6 Å². The van der Waals surface area contributed by atoms with Crippen molar-refractivity contribution in [3.8, 4) is 17.7 Å². The fourth-order valence-electron chi connectivity index (χ4n) is 3.22. The molecule has 0 radical (unpaired) electrons. The Morgan fingerprint density at radius 2 is 1.73 bits per heavy atom. The summed E-state index contributed by atoms with van der Waals surface area (Å²) in [5.74, 6) is 0.404. The fraction of sp³-hybridized carbons (Fsp3) is 0.0952. The van der Waals surface area contributed by atoms with Crippen molar-refractivity contribution >= 4 is 11.0 Å². The van der Waals surface area contributed by atoms with Crippen molar-refractivity contribution in [2.24, 2.45) is 0 Å². The number of para-hydroxylation sites is 2. The summed E-state index contributed by atoms with van der Waals surface area (Å²) in [6, 6.07) is 19.1. The largest absolute Gasteiger partial charge is 0.494 e. The highest BCUT2D eigenvalue weighted by molar-refractivity contribution is 5.77. The summed E-state index contributed by atoms with van der Waals surface area (Å²) in [6.07, 6.45) is 2.29. The van der Waals surface area contributed by atoms with Gasteiger partial charge in [-0.3, -0.25) is 0 Å². The van der Waals surface area contributed by atoms with Crippen LogP contribution in [0.25, 0.3) is 17.0 Å². The summed E-state index contributed by atoms with van der Waals surface area (Å²) < 4.78 is 3.29. The SMILES string of the molecule is C=CCn1c(-n2c(O)cc(Cc3ccccc3)c2O)nc2ccccc21. The van der Waals surface area contributed by atoms with Gasteiger partial charge in [-0.1, -0.05) is 48.5 Å². The van der Waals surface area contributed by atoms with E-state index >= 15 is 0 Å². The molecule has 2 N–H and O–H groups in total. The number of allylic oxidation sites excluding steroid dienone is 1. The monoisotopic (exact) mass is 345 g/mol. The third-order valence-corrected chi connectivity index (χ3v) is 4.41. The van der Waals surface area contributed by atoms with E-state index < -0.39 is 0 Å². The Morgan fingerprint density at radius 3 is 2.50 bits per heavy atom. The molecular formula is C21H19N3O2. The molecule has 2 aromatic carbocycles. The van der Waals surface area contributed by atoms with Crippen molar-refractivity contribution in [2.75, 3.05) is 0 Å². The molecule has 0 aliphatic carbocycles. The zero-order valence-electron chi connectivity index (χ0n) is 14.2. The first-order valence-electron chi connectivity index (χ1n) is 8.42. The second-order valence-electron chi connectivity index (χ2n) is 6.15. The van der Waals surface area contributed by atoms with Crippen LogP contribution >= 0.6 is 0 Å². The zero-order valence-corrected chi connectivity index (χ0v) is 14.2. The highest BCUT2D eigenvalue weighted by Gasteiger charge is 2.21. The van der Waals surface area contributed by atoms with E-state index in [0.29, 0.717) is 24.5 Å². The van der Waals surface area contributed by atoms with Crippen LogP contribution in [0.4, 0.5) is 0 Å². The van der Waals surface area contributed by atoms with Crippen LogP contribution in [0.2, 0.25) is 0 Å². The van der Waals surface area contributed by atoms with Crippen LogP contribution in [0.5, 0.6) is 11.8 Å². The minimum atomic E-state index is -0.0472. The van der Waals surface area contributed by atoms with Gasteiger partial charge in [0.25, 0.3) is 0 Å². The number of hydrogen-bond donors (Lipinski definition) is 2. The first-order valence-corrected chi connectivity index (χ1v) is 8.42. The quantitative estimate of drug-likeness (QED) is 0.537. The van der Waals surface area contributed by atoms with Crippen LogP contribution in [0.15, 0.2) is 73.3 Å². The molecule has 26 heavy (non-hydrogen) atoms. The van der Waals surface area contributed by atoms with Gasteiger partial charge in [0.2, 0.25) is 17.7 Å². The van der Waals surface area contributed by atoms with Gasteiger partial charge in [-0.05, 0) is 17.7 Å². The highest BCUT2D eigenvalue weighted by atomic mass is 16.3. The Morgan fingerprint density at radius 1 is 1.00 bits per heavy atom. The number of benzene rings is 2. The fourth-order valence-corrected chi connectivity index (χ4v) is 3.22. The van der Waals surface area contributed by atoms with Gasteiger partial charge in [-0.15, -0.1) is 6.58 Å². The molecule has 0 fully saturated rings. The van der Waals surface area contributed by atoms with Crippen molar-refractivity contribution in [1.82, 2.24) is 14.1 Å². The maximum atomic E-state index is 10.8. The second kappa shape index (κ2) is 6.44. The molecule has 0 aliphatic rings. The summed E-state index contributed by atoms with van der Waals surface area (Å²) in [6.45, 7) is 4.31. The predicted molar refractivity (Wildman–Crippen MR) is 102 cm³/mol. The zero-order chi connectivity index (χ0) is 18.1. The molecule has 0 unspecified atom stereocenters. The molecule has 0 amide bonds. The van der Waals surface area contributed by atoms with Crippen molar-refractivity contribution in [2.45, 2.75) is 13.0 Å². The maximum Gasteiger partial charge on any atom is 0.220 e. The topological polar surface area (TPSA) is 63.2 Å². The van der Waals surface area contributed by atoms with E-state index in [1.807, 2.05) is 59.2 Å². The van der Waals surface area contributed by atoms with E-state index in [4.69, 9.17) is 0 Å². The van der Waals surface area contributed by atoms with Gasteiger partial charge in [-0.25, -0.2) is 9.55 Å². The number of aromatic nitrogens is 3. The maximum absolute atomic E-state index is 10.8. The van der Waals surface area contributed by atoms with Gasteiger partial charge >= 0.3 is 0 Å². The Hall–Kier alpha value is -3.47. The molecule has 5 nitrogen and oxygen atoms in total. The summed E-state index contributed by atoms with van der Waals surface area (Å²) in [5.41, 5.74) is 3.41. The number of fused-ring (bicyclic) bond motifs is 1. The molecule has 4 aromatic rings. The van der Waals surface area contributed by atoms with Crippen LogP contribution in [-0.2, 0) is 13.0 Å². The molecule has 0 atom stereocenters. The summed E-state index contributed by atoms with van der Waals surface area (Å²) in [4.78, 5) is 4.60. The van der Waals surface area contributed by atoms with Crippen molar-refractivity contribution in [1.29, 1.82) is 0 Å². The van der Waals surface area contributed by atoms with Gasteiger partial charge in [0.15, 0.2) is 0 Å². The number of rotatable bonds is 5. The van der Waals surface area contributed by atoms with E-state index in [1.165, 1.54) is 4.57 Å². The average Bonchev–Trinajstić information content (AvgIpc) is 3.14. The highest BCUT2D eigenvalue weighted by Crippen LogP contribution is 2.34. The third kappa shape index (κ3) is 2.63. The van der Waals surface area contributed by atoms with Gasteiger partial charge in [-0.2, -0.15) is 0 Å². The molecule has 2 heterocycles. The van der Waals surface area contributed by atoms with E-state index in [1.54, 1.807) is 12.1 Å². The molecule has 2 aromatic heterocycles. The number of nitrogens with zero attached hydrogens (tertiary/aromatic N) is 3. The standard InChI is InChI=1S/C21H19N3O2/c1-2-12-23-18-11-7-6-10-17(18)22-21(23)24-19(25)14-16(20(24)26)13-15-8-4-3-5-9-15/h2-11,14,25-26H,1,12-13H2. The van der Waals surface area contributed by atoms with Crippen LogP contribution < -0.4 is 0 Å². The Labute approximate surface area is 151 Å². The first-order chi connectivity index (χ1) is 12.7. The Bertz CT molecular complexity index is 1080. The average molecular weight is 345 g/mol. The predicted octanol–water partition coefficient (Wildman–Crippen LogP) is 4.02. The molecule has 130 valence electrons. The van der Waals surface area contributed by atoms with Gasteiger partial charge in [0, 0.05) is 24.6 Å². The second-order valence-corrected chi connectivity index (χ2v) is 6.15. The molecule has 0 saturated heterocycles. The third-order valence-electron chi connectivity index (χ3n) is 4.41. The van der Waals surface area contributed by atoms with Gasteiger partial charge in [0.1, 0.15) is 0 Å². The minimum Gasteiger partial charge on any atom is -0.494 e. The van der Waals surface area contributed by atoms with Gasteiger partial charge < -0.3 is 14.8 Å². The lowest BCUT2D eigenvalue weighted by Gasteiger charge is -2.09. The summed E-state index contributed by atoms with van der Waals surface area (Å²) >= 11 is 0. The first kappa shape index (κ1) is 16.0. The number of imidazole rings is 1. The minimum absolute atomic E-state index is 0.00743. The van der Waals surface area contributed by atoms with Crippen LogP contribution in [0, 0.1) is 0 Å². The molecule has 0 aliphatic heterocycles. The van der Waals surface area contributed by atoms with Crippen LogP contribution in [0.1, 0.15) is 11.1 Å². The lowest BCUT2D eigenvalue weighted by atomic mass is 10.1. The van der Waals surface area contributed by atoms with Crippen LogP contribution in [-0.4, -0.2) is 24.3 Å². The van der Waals surface area contributed by atoms with Crippen molar-refractivity contribution in [3.63, 3.8) is 0 Å². The van der Waals surface area contributed by atoms with E-state index in [9.17, 15) is 10.2 Å². The normalized spacial score (nSPS) is 11.1. The number of hydrogen-bond acceptors (Lipinski definition) is 3. The number of aromatic hydroxyl groups is 2. The van der Waals surface area contributed by atoms with E-state index in [-0.39, 0.29) is 11.8 Å². The molecule has 0 spiro atoms. The summed E-state index contributed by atoms with van der Waals surface area (Å²) in [7, 11) is 0. The molecule has 0 saturated carbocycles. The Balaban J connectivity index is 1.85. The Kier molecular flexibility index (Phi) is 3.97. The summed E-state index contributed by atoms with van der Waals surface area (Å²) in [5, 5.41) is 21.3. The van der Waals surface area contributed by atoms with Gasteiger partial charge in [0.05, 0.1) is 11.0 Å². The molecular weight excluding hydrogens is 326 g/mol. The van der Waals surface area contributed by atoms with E-state index in [0.717, 1.165) is 16.6 Å². The lowest BCUT2D eigenvalue weighted by molar-refractivity contribution is 0.395. The van der Waals surface area contributed by atoms with Crippen molar-refractivity contribution in [3.05, 3.63) is 84.4 Å². The molecule has 0 bridgehead atoms. The van der Waals surface area contributed by atoms with Crippen LogP contribution in [0.3, 0.4) is 0 Å².